The molecule has 1 aliphatic rings. The maximum absolute atomic E-state index is 12.3. The minimum Gasteiger partial charge on any atom is -0.467 e. The second kappa shape index (κ2) is 7.90. The van der Waals surface area contributed by atoms with Gasteiger partial charge in [-0.05, 0) is 6.42 Å². The van der Waals surface area contributed by atoms with E-state index in [0.717, 1.165) is 14.2 Å². The Hall–Kier alpha value is -1.93. The number of hydrogen-bond acceptors (Lipinski definition) is 7. The molecule has 0 aromatic rings. The summed E-state index contributed by atoms with van der Waals surface area (Å²) in [5.74, 6) is -2.54. The lowest BCUT2D eigenvalue weighted by Gasteiger charge is -2.37. The van der Waals surface area contributed by atoms with Gasteiger partial charge in [0, 0.05) is 14.0 Å². The van der Waals surface area contributed by atoms with Gasteiger partial charge in [0.1, 0.15) is 6.10 Å². The van der Waals surface area contributed by atoms with Gasteiger partial charge in [-0.25, -0.2) is 9.59 Å². The summed E-state index contributed by atoms with van der Waals surface area (Å²) >= 11 is 0. The molecule has 8 nitrogen and oxygen atoms in total. The number of carbonyl (C=O) groups excluding carboxylic acids is 3. The summed E-state index contributed by atoms with van der Waals surface area (Å²) in [6, 6.07) is 0. The van der Waals surface area contributed by atoms with Gasteiger partial charge in [0.15, 0.2) is 0 Å². The Bertz CT molecular complexity index is 444. The number of rotatable bonds is 6. The number of methoxy groups -OCH3 is 3. The van der Waals surface area contributed by atoms with Crippen LogP contribution in [0.5, 0.6) is 0 Å². The smallest absolute Gasteiger partial charge is 0.346 e. The summed E-state index contributed by atoms with van der Waals surface area (Å²) < 4.78 is 20.1. The molecule has 0 bridgehead atoms. The molecule has 124 valence electrons. The summed E-state index contributed by atoms with van der Waals surface area (Å²) in [7, 11) is 3.74. The first-order valence-electron chi connectivity index (χ1n) is 6.69. The SMILES string of the molecule is COC[C@@H]1CC=C[C@H](C(NC(C)=O)(C(=O)OC)C(=O)OC)O1. The van der Waals surface area contributed by atoms with Gasteiger partial charge in [0.2, 0.25) is 5.91 Å². The quantitative estimate of drug-likeness (QED) is 0.403. The predicted molar refractivity (Wildman–Crippen MR) is 74.9 cm³/mol. The molecular weight excluding hydrogens is 294 g/mol. The molecule has 0 saturated heterocycles. The number of hydrogen-bond donors (Lipinski definition) is 1. The van der Waals surface area contributed by atoms with Crippen LogP contribution in [-0.2, 0) is 33.3 Å². The number of nitrogens with one attached hydrogen (secondary N) is 1. The lowest BCUT2D eigenvalue weighted by atomic mass is 9.89. The van der Waals surface area contributed by atoms with Gasteiger partial charge < -0.3 is 24.3 Å². The van der Waals surface area contributed by atoms with Gasteiger partial charge >= 0.3 is 11.9 Å². The number of ether oxygens (including phenoxy) is 4. The van der Waals surface area contributed by atoms with Crippen molar-refractivity contribution in [3.63, 3.8) is 0 Å². The van der Waals surface area contributed by atoms with Crippen molar-refractivity contribution in [2.24, 2.45) is 0 Å². The minimum absolute atomic E-state index is 0.277. The minimum atomic E-state index is -2.10. The van der Waals surface area contributed by atoms with Gasteiger partial charge in [-0.3, -0.25) is 4.79 Å². The fraction of sp³-hybridized carbons (Fsp3) is 0.643. The molecule has 1 heterocycles. The van der Waals surface area contributed by atoms with Gasteiger partial charge in [-0.2, -0.15) is 0 Å². The van der Waals surface area contributed by atoms with Gasteiger partial charge in [0.05, 0.1) is 26.9 Å². The van der Waals surface area contributed by atoms with Crippen LogP contribution >= 0.6 is 0 Å². The molecule has 0 unspecified atom stereocenters. The van der Waals surface area contributed by atoms with Crippen molar-refractivity contribution in [2.75, 3.05) is 27.9 Å². The molecule has 22 heavy (non-hydrogen) atoms. The highest BCUT2D eigenvalue weighted by molar-refractivity contribution is 6.08. The van der Waals surface area contributed by atoms with Crippen molar-refractivity contribution in [1.82, 2.24) is 5.32 Å². The molecule has 0 radical (unpaired) electrons. The second-order valence-electron chi connectivity index (χ2n) is 4.77. The molecule has 8 heteroatoms. The zero-order chi connectivity index (χ0) is 16.8. The largest absolute Gasteiger partial charge is 0.467 e. The van der Waals surface area contributed by atoms with Crippen LogP contribution < -0.4 is 5.32 Å². The maximum Gasteiger partial charge on any atom is 0.346 e. The van der Waals surface area contributed by atoms with Crippen LogP contribution in [0.3, 0.4) is 0 Å². The molecule has 0 aliphatic carbocycles. The third-order valence-electron chi connectivity index (χ3n) is 3.22. The Balaban J connectivity index is 3.25. The van der Waals surface area contributed by atoms with Crippen molar-refractivity contribution in [1.29, 1.82) is 0 Å². The van der Waals surface area contributed by atoms with Crippen LogP contribution in [0, 0.1) is 0 Å². The monoisotopic (exact) mass is 315 g/mol. The van der Waals surface area contributed by atoms with E-state index in [1.165, 1.54) is 20.1 Å². The molecule has 1 N–H and O–H groups in total. The van der Waals surface area contributed by atoms with Crippen LogP contribution in [0.15, 0.2) is 12.2 Å². The Morgan fingerprint density at radius 3 is 2.27 bits per heavy atom. The maximum atomic E-state index is 12.3. The second-order valence-corrected chi connectivity index (χ2v) is 4.77. The molecular formula is C14H21NO7. The van der Waals surface area contributed by atoms with E-state index in [0.29, 0.717) is 6.42 Å². The van der Waals surface area contributed by atoms with Crippen molar-refractivity contribution in [3.8, 4) is 0 Å². The van der Waals surface area contributed by atoms with Gasteiger partial charge in [0.25, 0.3) is 5.54 Å². The van der Waals surface area contributed by atoms with Crippen molar-refractivity contribution in [2.45, 2.75) is 31.1 Å². The fourth-order valence-electron chi connectivity index (χ4n) is 2.29. The molecule has 0 saturated carbocycles. The highest BCUT2D eigenvalue weighted by Gasteiger charge is 2.57. The van der Waals surface area contributed by atoms with E-state index in [9.17, 15) is 14.4 Å². The standard InChI is InChI=1S/C14H21NO7/c1-9(16)15-14(12(17)20-3,13(18)21-4)11-7-5-6-10(22-11)8-19-2/h5,7,10-11H,6,8H2,1-4H3,(H,15,16)/t10-,11+/m0/s1. The van der Waals surface area contributed by atoms with E-state index in [1.54, 1.807) is 6.08 Å². The molecule has 0 spiro atoms. The zero-order valence-electron chi connectivity index (χ0n) is 13.1. The van der Waals surface area contributed by atoms with Crippen LogP contribution in [-0.4, -0.2) is 63.5 Å². The third kappa shape index (κ3) is 3.63. The zero-order valence-corrected chi connectivity index (χ0v) is 13.1. The fourth-order valence-corrected chi connectivity index (χ4v) is 2.29. The van der Waals surface area contributed by atoms with Crippen LogP contribution in [0.1, 0.15) is 13.3 Å². The van der Waals surface area contributed by atoms with E-state index in [4.69, 9.17) is 9.47 Å². The molecule has 1 amide bonds. The summed E-state index contributed by atoms with van der Waals surface area (Å²) in [6.07, 6.45) is 2.41. The number of amides is 1. The normalized spacial score (nSPS) is 21.1. The van der Waals surface area contributed by atoms with Crippen LogP contribution in [0.2, 0.25) is 0 Å². The number of esters is 2. The predicted octanol–water partition coefficient (Wildman–Crippen LogP) is -0.433. The molecule has 1 rings (SSSR count). The Morgan fingerprint density at radius 1 is 1.23 bits per heavy atom. The summed E-state index contributed by atoms with van der Waals surface area (Å²) in [4.78, 5) is 36.0. The summed E-state index contributed by atoms with van der Waals surface area (Å²) in [5, 5.41) is 2.32. The molecule has 2 atom stereocenters. The lowest BCUT2D eigenvalue weighted by molar-refractivity contribution is -0.176. The topological polar surface area (TPSA) is 100 Å². The first kappa shape index (κ1) is 18.1. The van der Waals surface area contributed by atoms with Crippen molar-refractivity contribution < 1.29 is 33.3 Å². The van der Waals surface area contributed by atoms with E-state index in [1.807, 2.05) is 0 Å². The summed E-state index contributed by atoms with van der Waals surface area (Å²) in [6.45, 7) is 1.46. The Morgan fingerprint density at radius 2 is 1.82 bits per heavy atom. The van der Waals surface area contributed by atoms with Crippen LogP contribution in [0.25, 0.3) is 0 Å². The van der Waals surface area contributed by atoms with Crippen molar-refractivity contribution >= 4 is 17.8 Å². The number of carbonyl (C=O) groups is 3. The third-order valence-corrected chi connectivity index (χ3v) is 3.22. The average molecular weight is 315 g/mol. The van der Waals surface area contributed by atoms with Gasteiger partial charge in [-0.1, -0.05) is 12.2 Å². The molecule has 0 fully saturated rings. The van der Waals surface area contributed by atoms with Crippen LogP contribution in [0.4, 0.5) is 0 Å². The van der Waals surface area contributed by atoms with E-state index < -0.39 is 29.5 Å². The Labute approximate surface area is 128 Å². The van der Waals surface area contributed by atoms with Crippen molar-refractivity contribution in [3.05, 3.63) is 12.2 Å². The van der Waals surface area contributed by atoms with Gasteiger partial charge in [-0.15, -0.1) is 0 Å². The van der Waals surface area contributed by atoms with E-state index in [-0.39, 0.29) is 12.7 Å². The average Bonchev–Trinajstić information content (AvgIpc) is 2.51. The molecule has 0 aromatic heterocycles. The van der Waals surface area contributed by atoms with E-state index >= 15 is 0 Å². The Kier molecular flexibility index (Phi) is 6.51. The molecule has 0 aromatic carbocycles. The lowest BCUT2D eigenvalue weighted by Crippen LogP contribution is -2.68. The highest BCUT2D eigenvalue weighted by atomic mass is 16.6. The highest BCUT2D eigenvalue weighted by Crippen LogP contribution is 2.25. The van der Waals surface area contributed by atoms with E-state index in [2.05, 4.69) is 14.8 Å². The summed E-state index contributed by atoms with van der Waals surface area (Å²) in [5.41, 5.74) is -2.10. The molecule has 1 aliphatic heterocycles. The first-order valence-corrected chi connectivity index (χ1v) is 6.69. The first-order chi connectivity index (χ1) is 10.4.